The molecule has 0 aliphatic heterocycles. The van der Waals surface area contributed by atoms with Crippen LogP contribution in [-0.4, -0.2) is 35.0 Å². The maximum Gasteiger partial charge on any atom is 0.412 e. The van der Waals surface area contributed by atoms with Crippen LogP contribution in [0, 0.1) is 5.82 Å². The molecule has 1 atom stereocenters. The number of hydrogen-bond acceptors (Lipinski definition) is 5. The molecule has 0 radical (unpaired) electrons. The fraction of sp³-hybridized carbons (Fsp3) is 0.667. The molecule has 8 heteroatoms. The van der Waals surface area contributed by atoms with E-state index in [0.717, 1.165) is 35.6 Å². The zero-order valence-corrected chi connectivity index (χ0v) is 17.8. The molecule has 0 saturated carbocycles. The minimum absolute atomic E-state index is 0.162. The minimum atomic E-state index is -0.821. The molecule has 0 saturated heterocycles. The number of nitrogens with zero attached hydrogens (tertiary/aromatic N) is 2. The van der Waals surface area contributed by atoms with Gasteiger partial charge in [0.2, 0.25) is 0 Å². The van der Waals surface area contributed by atoms with Crippen molar-refractivity contribution in [3.8, 4) is 0 Å². The van der Waals surface area contributed by atoms with Gasteiger partial charge in [-0.3, -0.25) is 9.88 Å². The largest absolute Gasteiger partial charge is 0.449 e. The lowest BCUT2D eigenvalue weighted by molar-refractivity contribution is 0.0532. The first-order valence-electron chi connectivity index (χ1n) is 10.3. The number of hydrogen-bond donors (Lipinski definition) is 1. The number of unbranched alkanes of at least 4 members (excludes halogenated alkanes) is 5. The summed E-state index contributed by atoms with van der Waals surface area (Å²) < 4.78 is 26.1. The standard InChI is InChI=1S/C21H34FN3O4/c1-5-7-8-9-10-11-12-28-21(27)24-19-18(22)14-25(20(26)23-19)13-17(6-2)29-15-16(3)4/h14,17H,3,5-13,15H2,1-2,4H3,(H,23,24,26,27)/t17-/m0/s1. The lowest BCUT2D eigenvalue weighted by Gasteiger charge is -2.17. The van der Waals surface area contributed by atoms with Crippen molar-refractivity contribution in [3.63, 3.8) is 0 Å². The van der Waals surface area contributed by atoms with E-state index in [9.17, 15) is 14.0 Å². The topological polar surface area (TPSA) is 82.4 Å². The Balaban J connectivity index is 2.53. The van der Waals surface area contributed by atoms with E-state index in [2.05, 4.69) is 23.8 Å². The molecule has 0 bridgehead atoms. The van der Waals surface area contributed by atoms with Gasteiger partial charge in [-0.05, 0) is 19.8 Å². The van der Waals surface area contributed by atoms with Crippen LogP contribution in [0.15, 0.2) is 23.1 Å². The molecule has 1 aromatic heterocycles. The fourth-order valence-corrected chi connectivity index (χ4v) is 2.64. The molecule has 0 unspecified atom stereocenters. The number of halogens is 1. The normalized spacial score (nSPS) is 11.9. The second kappa shape index (κ2) is 13.9. The average Bonchev–Trinajstić information content (AvgIpc) is 2.67. The van der Waals surface area contributed by atoms with Crippen molar-refractivity contribution < 1.29 is 18.7 Å². The second-order valence-electron chi connectivity index (χ2n) is 7.20. The van der Waals surface area contributed by atoms with Crippen LogP contribution in [0.5, 0.6) is 0 Å². The number of aromatic nitrogens is 2. The van der Waals surface area contributed by atoms with Gasteiger partial charge in [-0.25, -0.2) is 14.0 Å². The van der Waals surface area contributed by atoms with Crippen LogP contribution in [0.3, 0.4) is 0 Å². The third-order valence-corrected chi connectivity index (χ3v) is 4.32. The van der Waals surface area contributed by atoms with Crippen LogP contribution in [0.25, 0.3) is 0 Å². The molecule has 1 N–H and O–H groups in total. The van der Waals surface area contributed by atoms with Gasteiger partial charge < -0.3 is 9.47 Å². The second-order valence-corrected chi connectivity index (χ2v) is 7.20. The van der Waals surface area contributed by atoms with Crippen molar-refractivity contribution in [1.82, 2.24) is 9.55 Å². The number of nitrogens with one attached hydrogen (secondary N) is 1. The zero-order chi connectivity index (χ0) is 21.6. The molecular formula is C21H34FN3O4. The predicted octanol–water partition coefficient (Wildman–Crippen LogP) is 4.66. The first-order chi connectivity index (χ1) is 13.9. The minimum Gasteiger partial charge on any atom is -0.449 e. The Morgan fingerprint density at radius 3 is 2.62 bits per heavy atom. The molecule has 0 aliphatic rings. The third-order valence-electron chi connectivity index (χ3n) is 4.32. The molecule has 164 valence electrons. The summed E-state index contributed by atoms with van der Waals surface area (Å²) in [6, 6.07) is 0. The SMILES string of the molecule is C=C(C)CO[C@@H](CC)Cn1cc(F)c(NC(=O)OCCCCCCCC)nc1=O. The van der Waals surface area contributed by atoms with Gasteiger partial charge in [-0.15, -0.1) is 0 Å². The Labute approximate surface area is 172 Å². The quantitative estimate of drug-likeness (QED) is 0.355. The Hall–Kier alpha value is -2.22. The zero-order valence-electron chi connectivity index (χ0n) is 17.8. The van der Waals surface area contributed by atoms with Crippen molar-refractivity contribution in [3.05, 3.63) is 34.7 Å². The lowest BCUT2D eigenvalue weighted by atomic mass is 10.1. The van der Waals surface area contributed by atoms with Gasteiger partial charge in [-0.1, -0.05) is 58.1 Å². The van der Waals surface area contributed by atoms with Crippen LogP contribution >= 0.6 is 0 Å². The first-order valence-corrected chi connectivity index (χ1v) is 10.3. The molecule has 0 fully saturated rings. The van der Waals surface area contributed by atoms with Gasteiger partial charge in [0.15, 0.2) is 11.6 Å². The molecule has 0 aliphatic carbocycles. The van der Waals surface area contributed by atoms with Crippen LogP contribution in [0.4, 0.5) is 15.0 Å². The number of ether oxygens (including phenoxy) is 2. The molecule has 29 heavy (non-hydrogen) atoms. The number of carbonyl (C=O) groups excluding carboxylic acids is 1. The van der Waals surface area contributed by atoms with E-state index in [1.807, 2.05) is 13.8 Å². The van der Waals surface area contributed by atoms with Crippen molar-refractivity contribution in [2.75, 3.05) is 18.5 Å². The van der Waals surface area contributed by atoms with E-state index in [0.29, 0.717) is 13.0 Å². The highest BCUT2D eigenvalue weighted by Gasteiger charge is 2.15. The van der Waals surface area contributed by atoms with Crippen molar-refractivity contribution in [1.29, 1.82) is 0 Å². The molecule has 1 heterocycles. The highest BCUT2D eigenvalue weighted by Crippen LogP contribution is 2.10. The van der Waals surface area contributed by atoms with E-state index >= 15 is 0 Å². The Morgan fingerprint density at radius 1 is 1.28 bits per heavy atom. The fourth-order valence-electron chi connectivity index (χ4n) is 2.64. The first kappa shape index (κ1) is 24.8. The van der Waals surface area contributed by atoms with Gasteiger partial charge in [0, 0.05) is 6.20 Å². The Bertz CT molecular complexity index is 706. The predicted molar refractivity (Wildman–Crippen MR) is 112 cm³/mol. The molecule has 0 aromatic carbocycles. The van der Waals surface area contributed by atoms with Gasteiger partial charge in [0.25, 0.3) is 0 Å². The van der Waals surface area contributed by atoms with E-state index in [1.165, 1.54) is 19.3 Å². The summed E-state index contributed by atoms with van der Waals surface area (Å²) in [5, 5.41) is 2.19. The summed E-state index contributed by atoms with van der Waals surface area (Å²) in [7, 11) is 0. The van der Waals surface area contributed by atoms with E-state index in [4.69, 9.17) is 9.47 Å². The monoisotopic (exact) mass is 411 g/mol. The van der Waals surface area contributed by atoms with Crippen molar-refractivity contribution in [2.24, 2.45) is 0 Å². The van der Waals surface area contributed by atoms with Gasteiger partial charge in [0.05, 0.1) is 25.9 Å². The maximum absolute atomic E-state index is 14.3. The lowest BCUT2D eigenvalue weighted by Crippen LogP contribution is -2.31. The number of amides is 1. The maximum atomic E-state index is 14.3. The summed E-state index contributed by atoms with van der Waals surface area (Å²) in [6.07, 6.45) is 6.95. The summed E-state index contributed by atoms with van der Waals surface area (Å²) >= 11 is 0. The van der Waals surface area contributed by atoms with Gasteiger partial charge in [0.1, 0.15) is 0 Å². The van der Waals surface area contributed by atoms with Gasteiger partial charge >= 0.3 is 11.8 Å². The molecule has 1 amide bonds. The molecular weight excluding hydrogens is 377 g/mol. The molecule has 1 rings (SSSR count). The molecule has 0 spiro atoms. The third kappa shape index (κ3) is 10.2. The Morgan fingerprint density at radius 2 is 1.97 bits per heavy atom. The number of rotatable bonds is 14. The summed E-state index contributed by atoms with van der Waals surface area (Å²) in [6.45, 7) is 10.4. The van der Waals surface area contributed by atoms with Crippen LogP contribution in [-0.2, 0) is 16.0 Å². The highest BCUT2D eigenvalue weighted by molar-refractivity contribution is 5.83. The van der Waals surface area contributed by atoms with Crippen molar-refractivity contribution in [2.45, 2.75) is 78.4 Å². The smallest absolute Gasteiger partial charge is 0.412 e. The molecule has 1 aromatic rings. The number of anilines is 1. The summed E-state index contributed by atoms with van der Waals surface area (Å²) in [4.78, 5) is 27.6. The van der Waals surface area contributed by atoms with E-state index in [1.54, 1.807) is 0 Å². The Kier molecular flexibility index (Phi) is 11.9. The van der Waals surface area contributed by atoms with Crippen LogP contribution in [0.2, 0.25) is 0 Å². The van der Waals surface area contributed by atoms with E-state index in [-0.39, 0.29) is 19.3 Å². The average molecular weight is 412 g/mol. The highest BCUT2D eigenvalue weighted by atomic mass is 19.1. The summed E-state index contributed by atoms with van der Waals surface area (Å²) in [5.74, 6) is -1.24. The number of carbonyl (C=O) groups is 1. The van der Waals surface area contributed by atoms with Gasteiger partial charge in [-0.2, -0.15) is 4.98 Å². The molecule has 7 nitrogen and oxygen atoms in total. The van der Waals surface area contributed by atoms with Crippen LogP contribution in [0.1, 0.15) is 65.7 Å². The van der Waals surface area contributed by atoms with E-state index < -0.39 is 23.4 Å². The van der Waals surface area contributed by atoms with Crippen molar-refractivity contribution >= 4 is 11.9 Å². The summed E-state index contributed by atoms with van der Waals surface area (Å²) in [5.41, 5.74) is 0.189. The van der Waals surface area contributed by atoms with Crippen LogP contribution < -0.4 is 11.0 Å².